The minimum absolute atomic E-state index is 0.254. The second-order valence-corrected chi connectivity index (χ2v) is 3.74. The summed E-state index contributed by atoms with van der Waals surface area (Å²) in [6.07, 6.45) is 3.68. The van der Waals surface area contributed by atoms with Crippen LogP contribution in [0.25, 0.3) is 0 Å². The minimum atomic E-state index is 0.254. The van der Waals surface area contributed by atoms with E-state index in [4.69, 9.17) is 23.2 Å². The first kappa shape index (κ1) is 8.27. The zero-order valence-corrected chi connectivity index (χ0v) is 7.94. The maximum Gasteiger partial charge on any atom is 0.224 e. The van der Waals surface area contributed by atoms with Gasteiger partial charge in [-0.25, -0.2) is 9.97 Å². The monoisotopic (exact) mass is 202 g/mol. The Labute approximate surface area is 80.9 Å². The number of nitrogens with zero attached hydrogens (tertiary/aromatic N) is 2. The van der Waals surface area contributed by atoms with Crippen LogP contribution in [0, 0.1) is 0 Å². The van der Waals surface area contributed by atoms with Gasteiger partial charge in [0.1, 0.15) is 5.15 Å². The Bertz CT molecular complexity index is 277. The van der Waals surface area contributed by atoms with Crippen molar-refractivity contribution < 1.29 is 0 Å². The standard InChI is InChI=1S/C8H8Cl2N2/c9-7-4-6(5-2-1-3-5)11-8(10)12-7/h4-5H,1-3H2. The van der Waals surface area contributed by atoms with Gasteiger partial charge in [0.05, 0.1) is 0 Å². The van der Waals surface area contributed by atoms with Gasteiger partial charge in [0.15, 0.2) is 0 Å². The molecular formula is C8H8Cl2N2. The van der Waals surface area contributed by atoms with E-state index in [9.17, 15) is 0 Å². The van der Waals surface area contributed by atoms with E-state index in [1.807, 2.05) is 0 Å². The topological polar surface area (TPSA) is 25.8 Å². The van der Waals surface area contributed by atoms with Gasteiger partial charge in [0.25, 0.3) is 0 Å². The molecule has 1 fully saturated rings. The van der Waals surface area contributed by atoms with Crippen LogP contribution < -0.4 is 0 Å². The van der Waals surface area contributed by atoms with Crippen molar-refractivity contribution in [2.45, 2.75) is 25.2 Å². The van der Waals surface area contributed by atoms with E-state index < -0.39 is 0 Å². The molecule has 1 saturated carbocycles. The Morgan fingerprint density at radius 2 is 2.00 bits per heavy atom. The average Bonchev–Trinajstić information content (AvgIpc) is 1.79. The van der Waals surface area contributed by atoms with Gasteiger partial charge in [0.2, 0.25) is 5.28 Å². The highest BCUT2D eigenvalue weighted by molar-refractivity contribution is 6.31. The van der Waals surface area contributed by atoms with Crippen molar-refractivity contribution >= 4 is 23.2 Å². The maximum atomic E-state index is 5.74. The van der Waals surface area contributed by atoms with Crippen LogP contribution >= 0.6 is 23.2 Å². The predicted octanol–water partition coefficient (Wildman–Crippen LogP) is 3.05. The molecule has 0 radical (unpaired) electrons. The third-order valence-electron chi connectivity index (χ3n) is 2.21. The van der Waals surface area contributed by atoms with Crippen molar-refractivity contribution in [2.24, 2.45) is 0 Å². The van der Waals surface area contributed by atoms with Gasteiger partial charge in [-0.15, -0.1) is 0 Å². The Kier molecular flexibility index (Phi) is 2.20. The van der Waals surface area contributed by atoms with Crippen LogP contribution in [0.5, 0.6) is 0 Å². The van der Waals surface area contributed by atoms with Gasteiger partial charge < -0.3 is 0 Å². The summed E-state index contributed by atoms with van der Waals surface area (Å²) in [5, 5.41) is 0.696. The van der Waals surface area contributed by atoms with Crippen LogP contribution in [-0.2, 0) is 0 Å². The normalized spacial score (nSPS) is 17.5. The number of rotatable bonds is 1. The first-order valence-electron chi connectivity index (χ1n) is 3.95. The largest absolute Gasteiger partial charge is 0.224 e. The lowest BCUT2D eigenvalue weighted by atomic mass is 9.83. The fraction of sp³-hybridized carbons (Fsp3) is 0.500. The summed E-state index contributed by atoms with van der Waals surface area (Å²) in [7, 11) is 0. The molecule has 1 aromatic rings. The zero-order valence-electron chi connectivity index (χ0n) is 6.43. The molecule has 1 aromatic heterocycles. The highest BCUT2D eigenvalue weighted by Crippen LogP contribution is 2.36. The molecule has 0 atom stereocenters. The van der Waals surface area contributed by atoms with Crippen molar-refractivity contribution in [3.63, 3.8) is 0 Å². The van der Waals surface area contributed by atoms with Gasteiger partial charge in [0, 0.05) is 11.6 Å². The molecule has 2 rings (SSSR count). The molecule has 0 unspecified atom stereocenters. The molecule has 1 heterocycles. The fourth-order valence-corrected chi connectivity index (χ4v) is 1.74. The summed E-state index contributed by atoms with van der Waals surface area (Å²) in [4.78, 5) is 7.92. The summed E-state index contributed by atoms with van der Waals surface area (Å²) >= 11 is 11.4. The second-order valence-electron chi connectivity index (χ2n) is 3.01. The molecule has 2 nitrogen and oxygen atoms in total. The van der Waals surface area contributed by atoms with Gasteiger partial charge in [-0.05, 0) is 30.5 Å². The van der Waals surface area contributed by atoms with E-state index in [-0.39, 0.29) is 5.28 Å². The van der Waals surface area contributed by atoms with E-state index >= 15 is 0 Å². The van der Waals surface area contributed by atoms with Gasteiger partial charge in [-0.3, -0.25) is 0 Å². The Balaban J connectivity index is 2.30. The lowest BCUT2D eigenvalue weighted by Gasteiger charge is -2.24. The van der Waals surface area contributed by atoms with Crippen LogP contribution in [0.1, 0.15) is 30.9 Å². The summed E-state index contributed by atoms with van der Waals surface area (Å²) in [5.74, 6) is 0.558. The molecule has 0 N–H and O–H groups in total. The highest BCUT2D eigenvalue weighted by Gasteiger charge is 2.21. The molecule has 1 aliphatic carbocycles. The first-order valence-corrected chi connectivity index (χ1v) is 4.71. The molecule has 4 heteroatoms. The molecule has 0 saturated heterocycles. The summed E-state index contributed by atoms with van der Waals surface area (Å²) in [5.41, 5.74) is 0.992. The van der Waals surface area contributed by atoms with Crippen LogP contribution in [0.15, 0.2) is 6.07 Å². The zero-order chi connectivity index (χ0) is 8.55. The molecule has 0 bridgehead atoms. The predicted molar refractivity (Wildman–Crippen MR) is 48.6 cm³/mol. The molecule has 0 aromatic carbocycles. The van der Waals surface area contributed by atoms with E-state index in [1.165, 1.54) is 19.3 Å². The van der Waals surface area contributed by atoms with E-state index in [2.05, 4.69) is 9.97 Å². The molecule has 0 spiro atoms. The van der Waals surface area contributed by atoms with Gasteiger partial charge >= 0.3 is 0 Å². The fourth-order valence-electron chi connectivity index (χ4n) is 1.32. The number of hydrogen-bond acceptors (Lipinski definition) is 2. The summed E-state index contributed by atoms with van der Waals surface area (Å²) in [6.45, 7) is 0. The molecular weight excluding hydrogens is 195 g/mol. The van der Waals surface area contributed by atoms with Crippen molar-refractivity contribution in [3.05, 3.63) is 22.2 Å². The number of hydrogen-bond donors (Lipinski definition) is 0. The van der Waals surface area contributed by atoms with Crippen LogP contribution in [0.3, 0.4) is 0 Å². The average molecular weight is 203 g/mol. The van der Waals surface area contributed by atoms with E-state index in [0.717, 1.165) is 5.69 Å². The van der Waals surface area contributed by atoms with Crippen LogP contribution in [-0.4, -0.2) is 9.97 Å². The van der Waals surface area contributed by atoms with Crippen LogP contribution in [0.4, 0.5) is 0 Å². The van der Waals surface area contributed by atoms with Crippen molar-refractivity contribution in [1.29, 1.82) is 0 Å². The summed E-state index contributed by atoms with van der Waals surface area (Å²) in [6, 6.07) is 1.80. The SMILES string of the molecule is Clc1cc(C2CCC2)nc(Cl)n1. The minimum Gasteiger partial charge on any atom is -0.223 e. The third kappa shape index (κ3) is 1.54. The molecule has 64 valence electrons. The molecule has 0 amide bonds. The highest BCUT2D eigenvalue weighted by atomic mass is 35.5. The van der Waals surface area contributed by atoms with Crippen molar-refractivity contribution in [2.75, 3.05) is 0 Å². The Morgan fingerprint density at radius 1 is 1.25 bits per heavy atom. The smallest absolute Gasteiger partial charge is 0.223 e. The van der Waals surface area contributed by atoms with Crippen LogP contribution in [0.2, 0.25) is 10.4 Å². The maximum absolute atomic E-state index is 5.74. The van der Waals surface area contributed by atoms with Gasteiger partial charge in [-0.2, -0.15) is 0 Å². The second kappa shape index (κ2) is 3.19. The van der Waals surface area contributed by atoms with Gasteiger partial charge in [-0.1, -0.05) is 18.0 Å². The van der Waals surface area contributed by atoms with E-state index in [0.29, 0.717) is 11.1 Å². The molecule has 0 aliphatic heterocycles. The van der Waals surface area contributed by atoms with E-state index in [1.54, 1.807) is 6.07 Å². The molecule has 1 aliphatic rings. The lowest BCUT2D eigenvalue weighted by molar-refractivity contribution is 0.410. The Morgan fingerprint density at radius 3 is 2.50 bits per heavy atom. The third-order valence-corrected chi connectivity index (χ3v) is 2.57. The number of halogens is 2. The quantitative estimate of drug-likeness (QED) is 0.517. The Hall–Kier alpha value is -0.340. The summed E-state index contributed by atoms with van der Waals surface area (Å²) < 4.78 is 0. The molecule has 12 heavy (non-hydrogen) atoms. The number of aromatic nitrogens is 2. The van der Waals surface area contributed by atoms with Crippen molar-refractivity contribution in [3.8, 4) is 0 Å². The van der Waals surface area contributed by atoms with Crippen molar-refractivity contribution in [1.82, 2.24) is 9.97 Å². The first-order chi connectivity index (χ1) is 5.75. The lowest BCUT2D eigenvalue weighted by Crippen LogP contribution is -2.10.